The van der Waals surface area contributed by atoms with E-state index in [1.807, 2.05) is 12.1 Å². The first-order chi connectivity index (χ1) is 5.63. The van der Waals surface area contributed by atoms with Gasteiger partial charge in [0.1, 0.15) is 0 Å². The molecule has 0 fully saturated rings. The predicted octanol–water partition coefficient (Wildman–Crippen LogP) is 1.72. The first-order valence-corrected chi connectivity index (χ1v) is 4.19. The van der Waals surface area contributed by atoms with Crippen LogP contribution in [0.2, 0.25) is 5.02 Å². The van der Waals surface area contributed by atoms with Crippen molar-refractivity contribution >= 4 is 11.6 Å². The lowest BCUT2D eigenvalue weighted by Crippen LogP contribution is -2.24. The number of aliphatic hydroxyl groups is 1. The summed E-state index contributed by atoms with van der Waals surface area (Å²) in [5, 5.41) is 10.1. The average Bonchev–Trinajstić information content (AvgIpc) is 2.04. The highest BCUT2D eigenvalue weighted by atomic mass is 35.5. The summed E-state index contributed by atoms with van der Waals surface area (Å²) >= 11 is 5.85. The molecule has 0 saturated heterocycles. The lowest BCUT2D eigenvalue weighted by molar-refractivity contribution is 0.153. The molecule has 3 N–H and O–H groups in total. The van der Waals surface area contributed by atoms with E-state index in [4.69, 9.17) is 17.3 Å². The monoisotopic (exact) mass is 185 g/mol. The molecule has 0 heterocycles. The van der Waals surface area contributed by atoms with E-state index < -0.39 is 6.10 Å². The summed E-state index contributed by atoms with van der Waals surface area (Å²) in [5.41, 5.74) is 6.22. The van der Waals surface area contributed by atoms with Crippen LogP contribution in [0, 0.1) is 0 Å². The van der Waals surface area contributed by atoms with Crippen LogP contribution in [0.3, 0.4) is 0 Å². The van der Waals surface area contributed by atoms with Gasteiger partial charge in [0.2, 0.25) is 0 Å². The largest absolute Gasteiger partial charge is 0.387 e. The quantitative estimate of drug-likeness (QED) is 0.737. The molecule has 1 aromatic carbocycles. The molecule has 0 amide bonds. The molecule has 1 aromatic rings. The number of hydrogen-bond donors (Lipinski definition) is 2. The van der Waals surface area contributed by atoms with Crippen molar-refractivity contribution in [2.45, 2.75) is 19.1 Å². The van der Waals surface area contributed by atoms with E-state index in [9.17, 15) is 5.11 Å². The Balaban J connectivity index is 2.94. The van der Waals surface area contributed by atoms with Gasteiger partial charge in [-0.25, -0.2) is 0 Å². The van der Waals surface area contributed by atoms with Crippen molar-refractivity contribution < 1.29 is 5.11 Å². The van der Waals surface area contributed by atoms with E-state index in [0.29, 0.717) is 10.6 Å². The molecule has 3 heteroatoms. The van der Waals surface area contributed by atoms with Crippen LogP contribution in [0.1, 0.15) is 18.6 Å². The van der Waals surface area contributed by atoms with Crippen LogP contribution in [0.15, 0.2) is 24.3 Å². The maximum atomic E-state index is 9.57. The van der Waals surface area contributed by atoms with Gasteiger partial charge in [0.05, 0.1) is 6.10 Å². The standard InChI is InChI=1S/C9H12ClNO/c1-6(11)9(12)7-4-2-3-5-8(7)10/h2-6,9,12H,11H2,1H3/t6-,9-/m0/s1. The van der Waals surface area contributed by atoms with Gasteiger partial charge in [-0.2, -0.15) is 0 Å². The summed E-state index contributed by atoms with van der Waals surface area (Å²) in [6, 6.07) is 6.86. The fourth-order valence-corrected chi connectivity index (χ4v) is 1.25. The van der Waals surface area contributed by atoms with Gasteiger partial charge in [-0.15, -0.1) is 0 Å². The Morgan fingerprint density at radius 3 is 2.50 bits per heavy atom. The molecule has 2 nitrogen and oxygen atoms in total. The third-order valence-corrected chi connectivity index (χ3v) is 2.07. The highest BCUT2D eigenvalue weighted by molar-refractivity contribution is 6.31. The zero-order chi connectivity index (χ0) is 9.14. The van der Waals surface area contributed by atoms with E-state index in [2.05, 4.69) is 0 Å². The summed E-state index contributed by atoms with van der Waals surface area (Å²) in [4.78, 5) is 0. The van der Waals surface area contributed by atoms with Crippen molar-refractivity contribution in [3.63, 3.8) is 0 Å². The molecule has 0 aromatic heterocycles. The summed E-state index contributed by atoms with van der Waals surface area (Å²) in [6.07, 6.45) is -0.682. The number of rotatable bonds is 2. The molecule has 0 spiro atoms. The smallest absolute Gasteiger partial charge is 0.0952 e. The van der Waals surface area contributed by atoms with Crippen LogP contribution in [-0.2, 0) is 0 Å². The van der Waals surface area contributed by atoms with Crippen molar-refractivity contribution in [1.29, 1.82) is 0 Å². The highest BCUT2D eigenvalue weighted by Crippen LogP contribution is 2.23. The minimum Gasteiger partial charge on any atom is -0.387 e. The van der Waals surface area contributed by atoms with Crippen LogP contribution in [0.4, 0.5) is 0 Å². The minimum atomic E-state index is -0.682. The fourth-order valence-electron chi connectivity index (χ4n) is 0.998. The van der Waals surface area contributed by atoms with Gasteiger partial charge < -0.3 is 10.8 Å². The van der Waals surface area contributed by atoms with Crippen molar-refractivity contribution in [3.8, 4) is 0 Å². The van der Waals surface area contributed by atoms with Gasteiger partial charge >= 0.3 is 0 Å². The Labute approximate surface area is 77.0 Å². The maximum absolute atomic E-state index is 9.57. The van der Waals surface area contributed by atoms with E-state index in [-0.39, 0.29) is 6.04 Å². The topological polar surface area (TPSA) is 46.2 Å². The number of nitrogens with two attached hydrogens (primary N) is 1. The molecule has 0 aliphatic heterocycles. The molecule has 0 radical (unpaired) electrons. The van der Waals surface area contributed by atoms with Crippen molar-refractivity contribution in [2.24, 2.45) is 5.73 Å². The number of halogens is 1. The first-order valence-electron chi connectivity index (χ1n) is 3.81. The molecule has 0 unspecified atom stereocenters. The molecule has 0 bridgehead atoms. The number of benzene rings is 1. The second kappa shape index (κ2) is 3.90. The van der Waals surface area contributed by atoms with E-state index in [1.54, 1.807) is 19.1 Å². The van der Waals surface area contributed by atoms with Crippen LogP contribution in [-0.4, -0.2) is 11.1 Å². The normalized spacial score (nSPS) is 15.7. The van der Waals surface area contributed by atoms with Crippen LogP contribution < -0.4 is 5.73 Å². The average molecular weight is 186 g/mol. The van der Waals surface area contributed by atoms with Crippen LogP contribution >= 0.6 is 11.6 Å². The predicted molar refractivity (Wildman–Crippen MR) is 50.1 cm³/mol. The van der Waals surface area contributed by atoms with Gasteiger partial charge in [-0.3, -0.25) is 0 Å². The van der Waals surface area contributed by atoms with Crippen LogP contribution in [0.25, 0.3) is 0 Å². The SMILES string of the molecule is C[C@H](N)[C@H](O)c1ccccc1Cl. The maximum Gasteiger partial charge on any atom is 0.0952 e. The number of hydrogen-bond acceptors (Lipinski definition) is 2. The second-order valence-electron chi connectivity index (χ2n) is 2.83. The zero-order valence-electron chi connectivity index (χ0n) is 6.87. The van der Waals surface area contributed by atoms with E-state index >= 15 is 0 Å². The van der Waals surface area contributed by atoms with Gasteiger partial charge in [0, 0.05) is 16.6 Å². The molecule has 0 saturated carbocycles. The van der Waals surface area contributed by atoms with Gasteiger partial charge in [0.15, 0.2) is 0 Å². The Morgan fingerprint density at radius 1 is 1.42 bits per heavy atom. The lowest BCUT2D eigenvalue weighted by Gasteiger charge is -2.15. The Hall–Kier alpha value is -0.570. The number of aliphatic hydroxyl groups excluding tert-OH is 1. The minimum absolute atomic E-state index is 0.301. The Morgan fingerprint density at radius 2 is 2.00 bits per heavy atom. The van der Waals surface area contributed by atoms with Gasteiger partial charge in [0.25, 0.3) is 0 Å². The van der Waals surface area contributed by atoms with Gasteiger partial charge in [-0.05, 0) is 13.0 Å². The highest BCUT2D eigenvalue weighted by Gasteiger charge is 2.14. The summed E-state index contributed by atoms with van der Waals surface area (Å²) in [7, 11) is 0. The molecular formula is C9H12ClNO. The van der Waals surface area contributed by atoms with Gasteiger partial charge in [-0.1, -0.05) is 29.8 Å². The van der Waals surface area contributed by atoms with Crippen molar-refractivity contribution in [3.05, 3.63) is 34.9 Å². The zero-order valence-corrected chi connectivity index (χ0v) is 7.62. The van der Waals surface area contributed by atoms with Crippen molar-refractivity contribution in [2.75, 3.05) is 0 Å². The fraction of sp³-hybridized carbons (Fsp3) is 0.333. The van der Waals surface area contributed by atoms with E-state index in [1.165, 1.54) is 0 Å². The molecule has 2 atom stereocenters. The summed E-state index contributed by atoms with van der Waals surface area (Å²) < 4.78 is 0. The van der Waals surface area contributed by atoms with E-state index in [0.717, 1.165) is 0 Å². The van der Waals surface area contributed by atoms with Crippen LogP contribution in [0.5, 0.6) is 0 Å². The Bertz CT molecular complexity index is 262. The summed E-state index contributed by atoms with van der Waals surface area (Å²) in [6.45, 7) is 1.74. The first kappa shape index (κ1) is 9.52. The third kappa shape index (κ3) is 1.97. The molecular weight excluding hydrogens is 174 g/mol. The summed E-state index contributed by atoms with van der Waals surface area (Å²) in [5.74, 6) is 0. The second-order valence-corrected chi connectivity index (χ2v) is 3.23. The van der Waals surface area contributed by atoms with Crippen molar-refractivity contribution in [1.82, 2.24) is 0 Å². The molecule has 0 aliphatic rings. The molecule has 12 heavy (non-hydrogen) atoms. The lowest BCUT2D eigenvalue weighted by atomic mass is 10.0. The molecule has 1 rings (SSSR count). The molecule has 0 aliphatic carbocycles. The third-order valence-electron chi connectivity index (χ3n) is 1.72. The Kier molecular flexibility index (Phi) is 3.09. The molecule has 66 valence electrons.